The minimum atomic E-state index is -3.74. The molecule has 0 aliphatic rings. The zero-order valence-electron chi connectivity index (χ0n) is 20.5. The van der Waals surface area contributed by atoms with E-state index in [1.165, 1.54) is 11.3 Å². The van der Waals surface area contributed by atoms with E-state index in [1.807, 2.05) is 54.6 Å². The van der Waals surface area contributed by atoms with Gasteiger partial charge in [-0.05, 0) is 53.3 Å². The number of aldehydes is 1. The van der Waals surface area contributed by atoms with E-state index in [1.54, 1.807) is 24.3 Å². The Kier molecular flexibility index (Phi) is 8.30. The molecule has 0 bridgehead atoms. The van der Waals surface area contributed by atoms with Crippen LogP contribution < -0.4 is 4.72 Å². The van der Waals surface area contributed by atoms with Gasteiger partial charge in [-0.3, -0.25) is 9.52 Å². The fourth-order valence-electron chi connectivity index (χ4n) is 3.51. The second kappa shape index (κ2) is 11.0. The average Bonchev–Trinajstić information content (AvgIpc) is 3.22. The summed E-state index contributed by atoms with van der Waals surface area (Å²) in [5.74, 6) is 0. The highest BCUT2D eigenvalue weighted by Crippen LogP contribution is 2.39. The molecular weight excluding hydrogens is 474 g/mol. The summed E-state index contributed by atoms with van der Waals surface area (Å²) in [6.07, 6.45) is 3.81. The summed E-state index contributed by atoms with van der Waals surface area (Å²) >= 11 is 1.40. The first-order valence-corrected chi connectivity index (χ1v) is 13.7. The number of anilines is 1. The highest BCUT2D eigenvalue weighted by Gasteiger charge is 2.19. The van der Waals surface area contributed by atoms with Crippen LogP contribution in [0.4, 0.5) is 5.69 Å². The summed E-state index contributed by atoms with van der Waals surface area (Å²) in [4.78, 5) is 12.5. The van der Waals surface area contributed by atoms with E-state index < -0.39 is 10.0 Å². The molecule has 6 heteroatoms. The summed E-state index contributed by atoms with van der Waals surface area (Å²) in [6.45, 7) is 11.8. The van der Waals surface area contributed by atoms with Gasteiger partial charge in [0.2, 0.25) is 0 Å². The predicted octanol–water partition coefficient (Wildman–Crippen LogP) is 8.31. The standard InChI is InChI=1S/C25H23NO3S2.C4H8.H2/c1-25(2,3)18-9-12-20(13-10-18)31(28,29)26-19-11-14-22-21(15-19)24(23(16-27)30-22)17-7-5-4-6-8-17;1-3-4-2;/h4-16,26H,1-3H3;3H,1,4H2,2H3;1H. The predicted molar refractivity (Wildman–Crippen MR) is 151 cm³/mol. The van der Waals surface area contributed by atoms with E-state index in [0.717, 1.165) is 39.5 Å². The molecule has 0 unspecified atom stereocenters. The molecule has 35 heavy (non-hydrogen) atoms. The molecule has 0 spiro atoms. The van der Waals surface area contributed by atoms with Crippen molar-refractivity contribution in [2.75, 3.05) is 4.72 Å². The van der Waals surface area contributed by atoms with E-state index in [-0.39, 0.29) is 11.7 Å². The van der Waals surface area contributed by atoms with Crippen LogP contribution in [0.25, 0.3) is 21.2 Å². The van der Waals surface area contributed by atoms with Crippen molar-refractivity contribution in [2.45, 2.75) is 44.4 Å². The normalized spacial score (nSPS) is 11.4. The molecule has 0 saturated carbocycles. The molecule has 184 valence electrons. The molecule has 0 atom stereocenters. The molecule has 4 nitrogen and oxygen atoms in total. The van der Waals surface area contributed by atoms with Crippen LogP contribution >= 0.6 is 11.3 Å². The summed E-state index contributed by atoms with van der Waals surface area (Å²) in [5.41, 5.74) is 3.23. The van der Waals surface area contributed by atoms with Gasteiger partial charge in [0.25, 0.3) is 10.0 Å². The van der Waals surface area contributed by atoms with Gasteiger partial charge in [0.15, 0.2) is 6.29 Å². The Labute approximate surface area is 213 Å². The van der Waals surface area contributed by atoms with Gasteiger partial charge in [-0.2, -0.15) is 0 Å². The molecular formula is C29H33NO3S2. The van der Waals surface area contributed by atoms with Crippen LogP contribution in [0.15, 0.2) is 90.3 Å². The van der Waals surface area contributed by atoms with Crippen molar-refractivity contribution < 1.29 is 14.6 Å². The zero-order chi connectivity index (χ0) is 25.6. The van der Waals surface area contributed by atoms with Gasteiger partial charge in [-0.25, -0.2) is 8.42 Å². The molecule has 1 aromatic heterocycles. The van der Waals surface area contributed by atoms with Gasteiger partial charge >= 0.3 is 0 Å². The number of thiophene rings is 1. The highest BCUT2D eigenvalue weighted by atomic mass is 32.2. The van der Waals surface area contributed by atoms with E-state index in [2.05, 4.69) is 39.0 Å². The lowest BCUT2D eigenvalue weighted by atomic mass is 9.87. The number of hydrogen-bond donors (Lipinski definition) is 1. The largest absolute Gasteiger partial charge is 0.297 e. The topological polar surface area (TPSA) is 63.2 Å². The van der Waals surface area contributed by atoms with E-state index >= 15 is 0 Å². The van der Waals surface area contributed by atoms with Crippen molar-refractivity contribution in [2.24, 2.45) is 0 Å². The number of nitrogens with one attached hydrogen (secondary N) is 1. The van der Waals surface area contributed by atoms with Crippen molar-refractivity contribution in [3.63, 3.8) is 0 Å². The Balaban J connectivity index is 0.000000850. The van der Waals surface area contributed by atoms with Crippen LogP contribution in [0.5, 0.6) is 0 Å². The lowest BCUT2D eigenvalue weighted by molar-refractivity contribution is 0.112. The Morgan fingerprint density at radius 2 is 1.63 bits per heavy atom. The first-order valence-electron chi connectivity index (χ1n) is 11.4. The zero-order valence-corrected chi connectivity index (χ0v) is 22.2. The lowest BCUT2D eigenvalue weighted by Gasteiger charge is -2.19. The van der Waals surface area contributed by atoms with Crippen molar-refractivity contribution >= 4 is 43.4 Å². The third-order valence-electron chi connectivity index (χ3n) is 5.46. The second-order valence-corrected chi connectivity index (χ2v) is 11.9. The Bertz CT molecular complexity index is 1420. The SMILES string of the molecule is C=CCC.CC(C)(C)c1ccc(S(=O)(=O)Nc2ccc3sc(C=O)c(-c4ccccc4)c3c2)cc1.[HH]. The first-order chi connectivity index (χ1) is 16.6. The minimum Gasteiger partial charge on any atom is -0.297 e. The number of carbonyl (C=O) groups excluding carboxylic acids is 1. The quantitative estimate of drug-likeness (QED) is 0.211. The molecule has 0 saturated heterocycles. The number of carbonyl (C=O) groups is 1. The second-order valence-electron chi connectivity index (χ2n) is 9.11. The van der Waals surface area contributed by atoms with Gasteiger partial charge < -0.3 is 0 Å². The van der Waals surface area contributed by atoms with E-state index in [0.29, 0.717) is 10.6 Å². The molecule has 0 amide bonds. The molecule has 4 rings (SSSR count). The smallest absolute Gasteiger partial charge is 0.261 e. The number of hydrogen-bond acceptors (Lipinski definition) is 4. The summed E-state index contributed by atoms with van der Waals surface area (Å²) in [6, 6.07) is 22.0. The summed E-state index contributed by atoms with van der Waals surface area (Å²) in [5, 5.41) is 0.849. The van der Waals surface area contributed by atoms with Gasteiger partial charge in [0, 0.05) is 22.8 Å². The van der Waals surface area contributed by atoms with Gasteiger partial charge in [-0.15, -0.1) is 17.9 Å². The first kappa shape index (κ1) is 26.4. The van der Waals surface area contributed by atoms with Gasteiger partial charge in [0.1, 0.15) is 0 Å². The molecule has 0 radical (unpaired) electrons. The van der Waals surface area contributed by atoms with Crippen LogP contribution in [0.1, 0.15) is 50.8 Å². The number of allylic oxidation sites excluding steroid dienone is 1. The molecule has 1 N–H and O–H groups in total. The van der Waals surface area contributed by atoms with Crippen LogP contribution in [-0.2, 0) is 15.4 Å². The van der Waals surface area contributed by atoms with E-state index in [9.17, 15) is 13.2 Å². The van der Waals surface area contributed by atoms with Crippen LogP contribution in [-0.4, -0.2) is 14.7 Å². The van der Waals surface area contributed by atoms with Crippen molar-refractivity contribution in [1.82, 2.24) is 0 Å². The van der Waals surface area contributed by atoms with Crippen LogP contribution in [0.3, 0.4) is 0 Å². The molecule has 1 heterocycles. The minimum absolute atomic E-state index is 0. The Hall–Kier alpha value is -3.22. The molecule has 0 aliphatic heterocycles. The third kappa shape index (κ3) is 6.27. The molecule has 0 aliphatic carbocycles. The number of rotatable bonds is 6. The maximum atomic E-state index is 13.0. The fraction of sp³-hybridized carbons (Fsp3) is 0.207. The van der Waals surface area contributed by atoms with Gasteiger partial charge in [-0.1, -0.05) is 76.2 Å². The number of fused-ring (bicyclic) bond motifs is 1. The molecule has 0 fully saturated rings. The Morgan fingerprint density at radius 1 is 1.00 bits per heavy atom. The highest BCUT2D eigenvalue weighted by molar-refractivity contribution is 7.92. The Morgan fingerprint density at radius 3 is 2.17 bits per heavy atom. The van der Waals surface area contributed by atoms with Crippen molar-refractivity contribution in [3.8, 4) is 11.1 Å². The van der Waals surface area contributed by atoms with Gasteiger partial charge in [0.05, 0.1) is 9.77 Å². The monoisotopic (exact) mass is 507 g/mol. The van der Waals surface area contributed by atoms with Crippen LogP contribution in [0, 0.1) is 0 Å². The van der Waals surface area contributed by atoms with Crippen molar-refractivity contribution in [3.05, 3.63) is 95.9 Å². The number of sulfonamides is 1. The molecule has 4 aromatic rings. The summed E-state index contributed by atoms with van der Waals surface area (Å²) < 4.78 is 29.5. The van der Waals surface area contributed by atoms with E-state index in [4.69, 9.17) is 0 Å². The average molecular weight is 508 g/mol. The van der Waals surface area contributed by atoms with Crippen LogP contribution in [0.2, 0.25) is 0 Å². The number of benzene rings is 3. The maximum Gasteiger partial charge on any atom is 0.261 e. The fourth-order valence-corrected chi connectivity index (χ4v) is 5.59. The lowest BCUT2D eigenvalue weighted by Crippen LogP contribution is -2.14. The maximum absolute atomic E-state index is 13.0. The van der Waals surface area contributed by atoms with Crippen molar-refractivity contribution in [1.29, 1.82) is 0 Å². The molecule has 3 aromatic carbocycles. The summed E-state index contributed by atoms with van der Waals surface area (Å²) in [7, 11) is -3.74. The third-order valence-corrected chi connectivity index (χ3v) is 7.95.